The van der Waals surface area contributed by atoms with Crippen molar-refractivity contribution in [2.75, 3.05) is 0 Å². The molecule has 1 aromatic heterocycles. The van der Waals surface area contributed by atoms with Gasteiger partial charge in [0.05, 0.1) is 16.2 Å². The van der Waals surface area contributed by atoms with Crippen molar-refractivity contribution in [3.63, 3.8) is 0 Å². The third kappa shape index (κ3) is 2.53. The van der Waals surface area contributed by atoms with E-state index < -0.39 is 4.92 Å². The van der Waals surface area contributed by atoms with Crippen molar-refractivity contribution in [2.45, 2.75) is 0 Å². The minimum absolute atomic E-state index is 0.124. The Morgan fingerprint density at radius 2 is 2.33 bits per heavy atom. The average Bonchev–Trinajstić information content (AvgIpc) is 2.75. The first-order chi connectivity index (χ1) is 8.61. The fourth-order valence-corrected chi connectivity index (χ4v) is 3.14. The molecule has 90 valence electrons. The summed E-state index contributed by atoms with van der Waals surface area (Å²) in [5.41, 5.74) is 0.309. The summed E-state index contributed by atoms with van der Waals surface area (Å²) in [5.74, 6) is 0. The number of nitriles is 1. The highest BCUT2D eigenvalue weighted by Crippen LogP contribution is 2.24. The third-order valence-corrected chi connectivity index (χ3v) is 4.11. The molecule has 0 atom stereocenters. The third-order valence-electron chi connectivity index (χ3n) is 1.94. The number of nitro benzene ring substituents is 1. The van der Waals surface area contributed by atoms with Crippen LogP contribution in [-0.4, -0.2) is 9.30 Å². The minimum Gasteiger partial charge on any atom is -0.258 e. The number of nitro groups is 1. The van der Waals surface area contributed by atoms with Crippen LogP contribution in [0.1, 0.15) is 5.56 Å². The van der Waals surface area contributed by atoms with Crippen LogP contribution in [0.3, 0.4) is 0 Å². The van der Waals surface area contributed by atoms with Crippen molar-refractivity contribution < 1.29 is 4.92 Å². The predicted octanol–water partition coefficient (Wildman–Crippen LogP) is 2.87. The number of hydrogen-bond donors (Lipinski definition) is 0. The molecule has 0 radical (unpaired) electrons. The van der Waals surface area contributed by atoms with E-state index in [-0.39, 0.29) is 16.4 Å². The zero-order chi connectivity index (χ0) is 13.1. The molecule has 0 unspecified atom stereocenters. The first-order valence-electron chi connectivity index (χ1n) is 4.46. The second kappa shape index (κ2) is 5.22. The Balaban J connectivity index is 2.57. The Labute approximate surface area is 113 Å². The maximum Gasteiger partial charge on any atom is 0.270 e. The van der Waals surface area contributed by atoms with Crippen LogP contribution in [0.5, 0.6) is 0 Å². The Bertz CT molecular complexity index is 716. The maximum atomic E-state index is 10.6. The van der Waals surface area contributed by atoms with Gasteiger partial charge in [-0.2, -0.15) is 9.64 Å². The zero-order valence-electron chi connectivity index (χ0n) is 8.53. The van der Waals surface area contributed by atoms with Crippen LogP contribution in [0.25, 0.3) is 0 Å². The first-order valence-corrected chi connectivity index (χ1v) is 6.95. The second-order valence-corrected chi connectivity index (χ2v) is 5.22. The average molecular weight is 299 g/mol. The zero-order valence-corrected chi connectivity index (χ0v) is 10.9. The summed E-state index contributed by atoms with van der Waals surface area (Å²) in [6.07, 6.45) is 0. The molecule has 18 heavy (non-hydrogen) atoms. The number of aromatic nitrogens is 1. The van der Waals surface area contributed by atoms with Crippen LogP contribution in [0.2, 0.25) is 5.15 Å². The summed E-state index contributed by atoms with van der Waals surface area (Å²) in [6.45, 7) is 0. The van der Waals surface area contributed by atoms with Gasteiger partial charge >= 0.3 is 0 Å². The van der Waals surface area contributed by atoms with Crippen LogP contribution in [0.4, 0.5) is 11.4 Å². The van der Waals surface area contributed by atoms with Crippen molar-refractivity contribution in [3.8, 4) is 6.07 Å². The van der Waals surface area contributed by atoms with Gasteiger partial charge in [-0.3, -0.25) is 10.1 Å². The summed E-state index contributed by atoms with van der Waals surface area (Å²) in [7, 11) is 2.44. The lowest BCUT2D eigenvalue weighted by atomic mass is 10.2. The molecule has 0 amide bonds. The van der Waals surface area contributed by atoms with Gasteiger partial charge in [-0.25, -0.2) is 4.99 Å². The van der Waals surface area contributed by atoms with Gasteiger partial charge in [0.15, 0.2) is 9.82 Å². The van der Waals surface area contributed by atoms with Gasteiger partial charge < -0.3 is 0 Å². The normalized spacial score (nSPS) is 11.2. The lowest BCUT2D eigenvalue weighted by molar-refractivity contribution is -0.384. The van der Waals surface area contributed by atoms with Gasteiger partial charge in [-0.05, 0) is 16.4 Å². The smallest absolute Gasteiger partial charge is 0.258 e. The van der Waals surface area contributed by atoms with E-state index in [0.717, 1.165) is 0 Å². The molecule has 0 N–H and O–H groups in total. The van der Waals surface area contributed by atoms with Crippen LogP contribution in [-0.2, 0) is 0 Å². The van der Waals surface area contributed by atoms with E-state index in [9.17, 15) is 10.1 Å². The number of halogens is 1. The quantitative estimate of drug-likeness (QED) is 0.484. The molecule has 0 bridgehead atoms. The van der Waals surface area contributed by atoms with Crippen LogP contribution >= 0.6 is 32.5 Å². The van der Waals surface area contributed by atoms with Crippen molar-refractivity contribution in [2.24, 2.45) is 4.99 Å². The van der Waals surface area contributed by atoms with Gasteiger partial charge in [0, 0.05) is 22.7 Å². The van der Waals surface area contributed by atoms with E-state index in [2.05, 4.69) is 9.37 Å². The molecular weight excluding hydrogens is 296 g/mol. The van der Waals surface area contributed by atoms with E-state index >= 15 is 0 Å². The monoisotopic (exact) mass is 298 g/mol. The summed E-state index contributed by atoms with van der Waals surface area (Å²) in [6, 6.07) is 5.75. The predicted molar refractivity (Wildman–Crippen MR) is 68.0 cm³/mol. The highest BCUT2D eigenvalue weighted by atomic mass is 35.5. The van der Waals surface area contributed by atoms with Crippen molar-refractivity contribution in [1.82, 2.24) is 4.37 Å². The summed E-state index contributed by atoms with van der Waals surface area (Å²) < 4.78 is 4.33. The van der Waals surface area contributed by atoms with Crippen LogP contribution in [0.15, 0.2) is 23.2 Å². The number of rotatable bonds is 2. The lowest BCUT2D eigenvalue weighted by Crippen LogP contribution is -1.94. The molecule has 6 nitrogen and oxygen atoms in total. The summed E-state index contributed by atoms with van der Waals surface area (Å²) in [5, 5.41) is 19.8. The Hall–Kier alpha value is -1.82. The van der Waals surface area contributed by atoms with Crippen LogP contribution in [0, 0.1) is 21.4 Å². The number of benzene rings is 1. The molecule has 2 rings (SSSR count). The molecule has 0 spiro atoms. The van der Waals surface area contributed by atoms with Gasteiger partial charge in [0.1, 0.15) is 6.07 Å². The molecule has 1 heterocycles. The molecule has 0 aliphatic rings. The van der Waals surface area contributed by atoms with E-state index in [0.29, 0.717) is 10.4 Å². The van der Waals surface area contributed by atoms with Crippen LogP contribution < -0.4 is 4.67 Å². The van der Waals surface area contributed by atoms with E-state index in [1.807, 2.05) is 6.07 Å². The molecule has 0 aliphatic heterocycles. The molecule has 0 aliphatic carbocycles. The van der Waals surface area contributed by atoms with Crippen molar-refractivity contribution >= 4 is 43.9 Å². The highest BCUT2D eigenvalue weighted by Gasteiger charge is 2.10. The highest BCUT2D eigenvalue weighted by molar-refractivity contribution is 7.66. The molecule has 9 heteroatoms. The van der Waals surface area contributed by atoms with Gasteiger partial charge in [0.2, 0.25) is 0 Å². The van der Waals surface area contributed by atoms with Gasteiger partial charge in [-0.1, -0.05) is 11.6 Å². The summed E-state index contributed by atoms with van der Waals surface area (Å²) >= 11 is 5.79. The fraction of sp³-hybridized carbons (Fsp3) is 0. The number of hydrogen-bond acceptors (Lipinski definition) is 7. The SMILES string of the molecule is N#Cc1cc([N+](=O)[O-])ccc1N=c1ssnc1Cl. The maximum absolute atomic E-state index is 10.6. The van der Waals surface area contributed by atoms with Gasteiger partial charge in [-0.15, -0.1) is 0 Å². The largest absolute Gasteiger partial charge is 0.270 e. The molecule has 0 saturated heterocycles. The standard InChI is InChI=1S/C9H3ClN4O2S2/c10-8-9(17-18-13-8)12-7-2-1-6(14(15)16)3-5(7)4-11/h1-3H. The molecule has 0 fully saturated rings. The van der Waals surface area contributed by atoms with E-state index in [1.165, 1.54) is 39.1 Å². The molecular formula is C9H3ClN4O2S2. The molecule has 2 aromatic rings. The van der Waals surface area contributed by atoms with E-state index in [1.54, 1.807) is 0 Å². The summed E-state index contributed by atoms with van der Waals surface area (Å²) in [4.78, 5) is 14.2. The van der Waals surface area contributed by atoms with Crippen molar-refractivity contribution in [3.05, 3.63) is 43.7 Å². The fourth-order valence-electron chi connectivity index (χ4n) is 1.16. The Morgan fingerprint density at radius 3 is 2.89 bits per heavy atom. The lowest BCUT2D eigenvalue weighted by Gasteiger charge is -1.96. The van der Waals surface area contributed by atoms with Crippen molar-refractivity contribution in [1.29, 1.82) is 5.26 Å². The van der Waals surface area contributed by atoms with E-state index in [4.69, 9.17) is 16.9 Å². The molecule has 1 aromatic carbocycles. The Kier molecular flexibility index (Phi) is 3.66. The molecule has 0 saturated carbocycles. The topological polar surface area (TPSA) is 92.2 Å². The van der Waals surface area contributed by atoms with Gasteiger partial charge in [0.25, 0.3) is 5.69 Å². The minimum atomic E-state index is -0.563. The number of nitrogens with zero attached hydrogens (tertiary/aromatic N) is 4. The first kappa shape index (κ1) is 12.6. The number of non-ortho nitro benzene ring substituents is 1. The second-order valence-electron chi connectivity index (χ2n) is 3.03. The Morgan fingerprint density at radius 1 is 1.56 bits per heavy atom.